The molecule has 0 atom stereocenters. The van der Waals surface area contributed by atoms with Gasteiger partial charge in [-0.1, -0.05) is 0 Å². The first-order valence-corrected chi connectivity index (χ1v) is 6.32. The number of piperazine rings is 1. The highest BCUT2D eigenvalue weighted by Gasteiger charge is 2.16. The molecule has 0 spiro atoms. The van der Waals surface area contributed by atoms with Crippen LogP contribution in [0.1, 0.15) is 0 Å². The van der Waals surface area contributed by atoms with Crippen LogP contribution in [0.2, 0.25) is 0 Å². The van der Waals surface area contributed by atoms with Crippen molar-refractivity contribution < 1.29 is 0 Å². The fourth-order valence-corrected chi connectivity index (χ4v) is 2.19. The number of hydrogen-bond acceptors (Lipinski definition) is 5. The molecule has 1 aliphatic rings. The minimum atomic E-state index is 0.732. The van der Waals surface area contributed by atoms with E-state index in [9.17, 15) is 0 Å². The maximum Gasteiger partial charge on any atom is 0.0903 e. The first-order chi connectivity index (χ1) is 8.83. The van der Waals surface area contributed by atoms with Gasteiger partial charge in [-0.25, -0.2) is 0 Å². The summed E-state index contributed by atoms with van der Waals surface area (Å²) < 4.78 is 0. The molecule has 1 aromatic rings. The Labute approximate surface area is 113 Å². The Morgan fingerprint density at radius 3 is 2.39 bits per heavy atom. The molecule has 1 fully saturated rings. The van der Waals surface area contributed by atoms with Crippen molar-refractivity contribution in [1.29, 1.82) is 0 Å². The van der Waals surface area contributed by atoms with E-state index >= 15 is 0 Å². The van der Waals surface area contributed by atoms with E-state index in [2.05, 4.69) is 56.0 Å². The van der Waals surface area contributed by atoms with E-state index in [4.69, 9.17) is 0 Å². The topological polar surface area (TPSA) is 31.2 Å². The zero-order chi connectivity index (χ0) is 12.8. The van der Waals surface area contributed by atoms with E-state index in [1.165, 1.54) is 5.69 Å². The van der Waals surface area contributed by atoms with Gasteiger partial charge in [-0.2, -0.15) is 4.99 Å². The molecule has 0 aromatic heterocycles. The summed E-state index contributed by atoms with van der Waals surface area (Å²) in [7, 11) is 0. The molecule has 2 rings (SSSR count). The molecule has 0 radical (unpaired) electrons. The number of aliphatic imine (C=N–C) groups is 2. The van der Waals surface area contributed by atoms with Crippen molar-refractivity contribution >= 4 is 35.5 Å². The van der Waals surface area contributed by atoms with Crippen molar-refractivity contribution in [3.8, 4) is 0 Å². The monoisotopic (exact) mass is 260 g/mol. The maximum absolute atomic E-state index is 4.58. The molecule has 1 saturated heterocycles. The molecule has 18 heavy (non-hydrogen) atoms. The molecular weight excluding hydrogens is 244 g/mol. The number of benzene rings is 1. The minimum absolute atomic E-state index is 0.732. The van der Waals surface area contributed by atoms with Crippen molar-refractivity contribution in [1.82, 2.24) is 4.90 Å². The average molecular weight is 260 g/mol. The molecule has 0 saturated carbocycles. The number of nitrogens with zero attached hydrogens (tertiary/aromatic N) is 4. The summed E-state index contributed by atoms with van der Waals surface area (Å²) in [6, 6.07) is 8.08. The molecular formula is C13H16N4S. The third-order valence-electron chi connectivity index (χ3n) is 3.06. The van der Waals surface area contributed by atoms with Crippen molar-refractivity contribution in [2.75, 3.05) is 37.7 Å². The molecule has 0 bridgehead atoms. The second-order valence-corrected chi connectivity index (χ2v) is 4.37. The van der Waals surface area contributed by atoms with E-state index < -0.39 is 0 Å². The van der Waals surface area contributed by atoms with E-state index in [0.717, 1.165) is 38.5 Å². The Kier molecular flexibility index (Phi) is 4.59. The van der Waals surface area contributed by atoms with Crippen LogP contribution in [-0.4, -0.2) is 49.6 Å². The number of thiocarbonyl (C=S) groups is 1. The molecule has 5 heteroatoms. The van der Waals surface area contributed by atoms with Crippen LogP contribution >= 0.6 is 12.2 Å². The lowest BCUT2D eigenvalue weighted by Crippen LogP contribution is -2.46. The van der Waals surface area contributed by atoms with Gasteiger partial charge in [0.25, 0.3) is 0 Å². The fourth-order valence-electron chi connectivity index (χ4n) is 2.08. The molecule has 94 valence electrons. The van der Waals surface area contributed by atoms with Crippen molar-refractivity contribution in [3.05, 3.63) is 24.3 Å². The summed E-state index contributed by atoms with van der Waals surface area (Å²) in [6.07, 6.45) is 0. The van der Waals surface area contributed by atoms with Crippen LogP contribution in [0.3, 0.4) is 0 Å². The van der Waals surface area contributed by atoms with E-state index in [1.807, 2.05) is 12.1 Å². The third-order valence-corrected chi connectivity index (χ3v) is 3.15. The average Bonchev–Trinajstić information content (AvgIpc) is 2.41. The van der Waals surface area contributed by atoms with Crippen LogP contribution in [0.5, 0.6) is 0 Å². The second kappa shape index (κ2) is 6.40. The zero-order valence-electron chi connectivity index (χ0n) is 10.2. The fraction of sp³-hybridized carbons (Fsp3) is 0.385. The highest BCUT2D eigenvalue weighted by atomic mass is 32.1. The van der Waals surface area contributed by atoms with Crippen LogP contribution in [0, 0.1) is 0 Å². The normalized spacial score (nSPS) is 16.1. The Balaban J connectivity index is 1.96. The van der Waals surface area contributed by atoms with Gasteiger partial charge in [0.15, 0.2) is 0 Å². The van der Waals surface area contributed by atoms with Crippen LogP contribution < -0.4 is 4.90 Å². The lowest BCUT2D eigenvalue weighted by atomic mass is 10.2. The largest absolute Gasteiger partial charge is 0.369 e. The van der Waals surface area contributed by atoms with Crippen LogP contribution in [0.25, 0.3) is 0 Å². The molecule has 0 unspecified atom stereocenters. The predicted octanol–water partition coefficient (Wildman–Crippen LogP) is 2.20. The van der Waals surface area contributed by atoms with Gasteiger partial charge in [0.05, 0.1) is 17.5 Å². The molecule has 1 aromatic carbocycles. The highest BCUT2D eigenvalue weighted by Crippen LogP contribution is 2.20. The SMILES string of the molecule is C=NCN1CCN(c2ccc(N=C=S)cc2)CC1. The summed E-state index contributed by atoms with van der Waals surface area (Å²) in [5.41, 5.74) is 2.08. The van der Waals surface area contributed by atoms with Gasteiger partial charge in [-0.3, -0.25) is 9.89 Å². The Hall–Kier alpha value is -1.55. The van der Waals surface area contributed by atoms with Crippen LogP contribution in [-0.2, 0) is 0 Å². The Morgan fingerprint density at radius 2 is 1.83 bits per heavy atom. The molecule has 1 heterocycles. The van der Waals surface area contributed by atoms with E-state index in [1.54, 1.807) is 0 Å². The summed E-state index contributed by atoms with van der Waals surface area (Å²) in [6.45, 7) is 8.35. The number of isothiocyanates is 1. The molecule has 0 N–H and O–H groups in total. The minimum Gasteiger partial charge on any atom is -0.369 e. The number of anilines is 1. The van der Waals surface area contributed by atoms with Gasteiger partial charge in [0, 0.05) is 31.9 Å². The first kappa shape index (κ1) is 12.9. The maximum atomic E-state index is 4.58. The number of rotatable bonds is 4. The van der Waals surface area contributed by atoms with Gasteiger partial charge < -0.3 is 4.90 Å². The summed E-state index contributed by atoms with van der Waals surface area (Å²) >= 11 is 4.58. The summed E-state index contributed by atoms with van der Waals surface area (Å²) in [4.78, 5) is 12.5. The van der Waals surface area contributed by atoms with Crippen molar-refractivity contribution in [2.45, 2.75) is 0 Å². The first-order valence-electron chi connectivity index (χ1n) is 5.91. The van der Waals surface area contributed by atoms with Crippen LogP contribution in [0.4, 0.5) is 11.4 Å². The zero-order valence-corrected chi connectivity index (χ0v) is 11.1. The molecule has 0 amide bonds. The van der Waals surface area contributed by atoms with Gasteiger partial charge in [-0.15, -0.1) is 0 Å². The molecule has 4 nitrogen and oxygen atoms in total. The quantitative estimate of drug-likeness (QED) is 0.614. The summed E-state index contributed by atoms with van der Waals surface area (Å²) in [5.74, 6) is 0. The van der Waals surface area contributed by atoms with E-state index in [-0.39, 0.29) is 0 Å². The lowest BCUT2D eigenvalue weighted by Gasteiger charge is -2.35. The molecule has 0 aliphatic carbocycles. The highest BCUT2D eigenvalue weighted by molar-refractivity contribution is 7.78. The Bertz CT molecular complexity index is 443. The molecule has 1 aliphatic heterocycles. The smallest absolute Gasteiger partial charge is 0.0903 e. The third kappa shape index (κ3) is 3.23. The summed E-state index contributed by atoms with van der Waals surface area (Å²) in [5, 5.41) is 2.37. The predicted molar refractivity (Wildman–Crippen MR) is 79.3 cm³/mol. The Morgan fingerprint density at radius 1 is 1.17 bits per heavy atom. The second-order valence-electron chi connectivity index (χ2n) is 4.19. The van der Waals surface area contributed by atoms with Crippen molar-refractivity contribution in [2.24, 2.45) is 9.98 Å². The van der Waals surface area contributed by atoms with Gasteiger partial charge >= 0.3 is 0 Å². The lowest BCUT2D eigenvalue weighted by molar-refractivity contribution is 0.267. The van der Waals surface area contributed by atoms with E-state index in [0.29, 0.717) is 0 Å². The van der Waals surface area contributed by atoms with Gasteiger partial charge in [0.1, 0.15) is 0 Å². The van der Waals surface area contributed by atoms with Crippen LogP contribution in [0.15, 0.2) is 34.3 Å². The van der Waals surface area contributed by atoms with Crippen molar-refractivity contribution in [3.63, 3.8) is 0 Å². The standard InChI is InChI=1S/C13H16N4S/c1-14-10-16-6-8-17(9-7-16)13-4-2-12(3-5-13)15-11-18/h2-5H,1,6-10H2. The van der Waals surface area contributed by atoms with Gasteiger partial charge in [-0.05, 0) is 43.2 Å². The van der Waals surface area contributed by atoms with Gasteiger partial charge in [0.2, 0.25) is 0 Å². The number of hydrogen-bond donors (Lipinski definition) is 0.